The van der Waals surface area contributed by atoms with Gasteiger partial charge in [0.05, 0.1) is 0 Å². The first-order valence-electron chi connectivity index (χ1n) is 4.06. The van der Waals surface area contributed by atoms with E-state index < -0.39 is 0 Å². The van der Waals surface area contributed by atoms with Crippen LogP contribution in [0.25, 0.3) is 0 Å². The van der Waals surface area contributed by atoms with Crippen molar-refractivity contribution in [1.29, 1.82) is 0 Å². The molecular formula is C12H16. The van der Waals surface area contributed by atoms with Crippen LogP contribution in [0.15, 0.2) is 60.8 Å². The zero-order valence-electron chi connectivity index (χ0n) is 7.83. The van der Waals surface area contributed by atoms with Gasteiger partial charge in [0.2, 0.25) is 0 Å². The SMILES string of the molecule is C=C/C=C(C)/C=C\C=C/C=C/C. The molecule has 0 N–H and O–H groups in total. The van der Waals surface area contributed by atoms with Crippen molar-refractivity contribution >= 4 is 0 Å². The average Bonchev–Trinajstić information content (AvgIpc) is 2.05. The summed E-state index contributed by atoms with van der Waals surface area (Å²) >= 11 is 0. The minimum Gasteiger partial charge on any atom is -0.0991 e. The van der Waals surface area contributed by atoms with E-state index in [2.05, 4.69) is 6.58 Å². The van der Waals surface area contributed by atoms with Crippen LogP contribution in [0.4, 0.5) is 0 Å². The van der Waals surface area contributed by atoms with Crippen molar-refractivity contribution in [2.75, 3.05) is 0 Å². The topological polar surface area (TPSA) is 0 Å². The maximum Gasteiger partial charge on any atom is -0.0398 e. The molecule has 0 aromatic carbocycles. The Labute approximate surface area is 75.3 Å². The molecule has 0 bridgehead atoms. The Hall–Kier alpha value is -1.30. The van der Waals surface area contributed by atoms with E-state index in [1.807, 2.05) is 56.4 Å². The quantitative estimate of drug-likeness (QED) is 0.549. The van der Waals surface area contributed by atoms with E-state index in [9.17, 15) is 0 Å². The molecule has 0 radical (unpaired) electrons. The molecule has 0 rings (SSSR count). The molecule has 64 valence electrons. The highest BCUT2D eigenvalue weighted by atomic mass is 13.8. The summed E-state index contributed by atoms with van der Waals surface area (Å²) in [5.74, 6) is 0. The van der Waals surface area contributed by atoms with Gasteiger partial charge in [-0.25, -0.2) is 0 Å². The fourth-order valence-electron chi connectivity index (χ4n) is 0.688. The second-order valence-corrected chi connectivity index (χ2v) is 2.42. The van der Waals surface area contributed by atoms with E-state index in [0.29, 0.717) is 0 Å². The van der Waals surface area contributed by atoms with Crippen molar-refractivity contribution in [3.63, 3.8) is 0 Å². The Balaban J connectivity index is 3.91. The summed E-state index contributed by atoms with van der Waals surface area (Å²) in [4.78, 5) is 0. The summed E-state index contributed by atoms with van der Waals surface area (Å²) in [6, 6.07) is 0. The Morgan fingerprint density at radius 3 is 2.33 bits per heavy atom. The van der Waals surface area contributed by atoms with Gasteiger partial charge >= 0.3 is 0 Å². The third kappa shape index (κ3) is 6.81. The van der Waals surface area contributed by atoms with Crippen molar-refractivity contribution in [1.82, 2.24) is 0 Å². The van der Waals surface area contributed by atoms with Gasteiger partial charge in [-0.3, -0.25) is 0 Å². The molecule has 0 heterocycles. The molecular weight excluding hydrogens is 144 g/mol. The second kappa shape index (κ2) is 7.80. The summed E-state index contributed by atoms with van der Waals surface area (Å²) in [6.07, 6.45) is 15.8. The van der Waals surface area contributed by atoms with Gasteiger partial charge in [-0.2, -0.15) is 0 Å². The van der Waals surface area contributed by atoms with Crippen LogP contribution in [0.5, 0.6) is 0 Å². The van der Waals surface area contributed by atoms with E-state index >= 15 is 0 Å². The smallest absolute Gasteiger partial charge is 0.0398 e. The number of allylic oxidation sites excluding steroid dienone is 9. The maximum absolute atomic E-state index is 3.62. The molecule has 0 aromatic heterocycles. The van der Waals surface area contributed by atoms with E-state index in [-0.39, 0.29) is 0 Å². The van der Waals surface area contributed by atoms with Crippen LogP contribution < -0.4 is 0 Å². The van der Waals surface area contributed by atoms with Gasteiger partial charge in [-0.15, -0.1) is 0 Å². The molecule has 0 saturated heterocycles. The predicted octanol–water partition coefficient (Wildman–Crippen LogP) is 3.81. The van der Waals surface area contributed by atoms with Crippen molar-refractivity contribution in [2.45, 2.75) is 13.8 Å². The summed E-state index contributed by atoms with van der Waals surface area (Å²) in [5.41, 5.74) is 1.20. The normalized spacial score (nSPS) is 13.7. The summed E-state index contributed by atoms with van der Waals surface area (Å²) in [6.45, 7) is 7.66. The lowest BCUT2D eigenvalue weighted by Crippen LogP contribution is -1.63. The first kappa shape index (κ1) is 10.7. The fourth-order valence-corrected chi connectivity index (χ4v) is 0.688. The fraction of sp³-hybridized carbons (Fsp3) is 0.167. The number of rotatable bonds is 4. The molecule has 0 spiro atoms. The monoisotopic (exact) mass is 160 g/mol. The van der Waals surface area contributed by atoms with E-state index in [1.54, 1.807) is 6.08 Å². The summed E-state index contributed by atoms with van der Waals surface area (Å²) < 4.78 is 0. The average molecular weight is 160 g/mol. The van der Waals surface area contributed by atoms with Gasteiger partial charge in [-0.05, 0) is 13.8 Å². The molecule has 0 aromatic rings. The molecule has 0 amide bonds. The zero-order valence-corrected chi connectivity index (χ0v) is 7.83. The lowest BCUT2D eigenvalue weighted by molar-refractivity contribution is 1.52. The van der Waals surface area contributed by atoms with Gasteiger partial charge < -0.3 is 0 Å². The first-order valence-corrected chi connectivity index (χ1v) is 4.06. The third-order valence-electron chi connectivity index (χ3n) is 1.27. The van der Waals surface area contributed by atoms with Crippen LogP contribution in [0.1, 0.15) is 13.8 Å². The van der Waals surface area contributed by atoms with Gasteiger partial charge in [0, 0.05) is 0 Å². The Kier molecular flexibility index (Phi) is 6.96. The van der Waals surface area contributed by atoms with Crippen molar-refractivity contribution in [2.24, 2.45) is 0 Å². The largest absolute Gasteiger partial charge is 0.0991 e. The lowest BCUT2D eigenvalue weighted by atomic mass is 10.2. The van der Waals surface area contributed by atoms with Crippen LogP contribution in [0.3, 0.4) is 0 Å². The summed E-state index contributed by atoms with van der Waals surface area (Å²) in [5, 5.41) is 0. The molecule has 0 unspecified atom stereocenters. The van der Waals surface area contributed by atoms with Crippen LogP contribution in [-0.4, -0.2) is 0 Å². The van der Waals surface area contributed by atoms with Crippen LogP contribution in [0.2, 0.25) is 0 Å². The van der Waals surface area contributed by atoms with Gasteiger partial charge in [0.15, 0.2) is 0 Å². The Bertz CT molecular complexity index is 224. The molecule has 0 fully saturated rings. The van der Waals surface area contributed by atoms with Crippen molar-refractivity contribution in [3.8, 4) is 0 Å². The van der Waals surface area contributed by atoms with Gasteiger partial charge in [-0.1, -0.05) is 60.8 Å². The lowest BCUT2D eigenvalue weighted by Gasteiger charge is -1.84. The third-order valence-corrected chi connectivity index (χ3v) is 1.27. The first-order chi connectivity index (χ1) is 5.81. The minimum atomic E-state index is 1.20. The van der Waals surface area contributed by atoms with Crippen molar-refractivity contribution < 1.29 is 0 Å². The molecule has 0 atom stereocenters. The highest BCUT2D eigenvalue weighted by molar-refractivity contribution is 5.24. The Morgan fingerprint density at radius 1 is 1.08 bits per heavy atom. The summed E-state index contributed by atoms with van der Waals surface area (Å²) in [7, 11) is 0. The molecule has 0 aliphatic heterocycles. The van der Waals surface area contributed by atoms with Crippen LogP contribution in [0, 0.1) is 0 Å². The van der Waals surface area contributed by atoms with Crippen molar-refractivity contribution in [3.05, 3.63) is 60.8 Å². The van der Waals surface area contributed by atoms with E-state index in [4.69, 9.17) is 0 Å². The molecule has 0 saturated carbocycles. The zero-order chi connectivity index (χ0) is 9.23. The molecule has 0 heteroatoms. The molecule has 0 aliphatic carbocycles. The number of hydrogen-bond donors (Lipinski definition) is 0. The standard InChI is InChI=1S/C12H16/c1-4-6-7-8-9-11-12(3)10-5-2/h4-11H,2H2,1,3H3/b6-4+,8-7-,11-9-,12-10+. The number of hydrogen-bond acceptors (Lipinski definition) is 0. The van der Waals surface area contributed by atoms with Gasteiger partial charge in [0.1, 0.15) is 0 Å². The van der Waals surface area contributed by atoms with E-state index in [0.717, 1.165) is 0 Å². The Morgan fingerprint density at radius 2 is 1.75 bits per heavy atom. The van der Waals surface area contributed by atoms with Gasteiger partial charge in [0.25, 0.3) is 0 Å². The van der Waals surface area contributed by atoms with Crippen LogP contribution >= 0.6 is 0 Å². The second-order valence-electron chi connectivity index (χ2n) is 2.42. The van der Waals surface area contributed by atoms with E-state index in [1.165, 1.54) is 5.57 Å². The minimum absolute atomic E-state index is 1.20. The molecule has 0 nitrogen and oxygen atoms in total. The highest BCUT2D eigenvalue weighted by Gasteiger charge is 1.73. The maximum atomic E-state index is 3.62. The molecule has 0 aliphatic rings. The molecule has 12 heavy (non-hydrogen) atoms. The van der Waals surface area contributed by atoms with Crippen LogP contribution in [-0.2, 0) is 0 Å². The highest BCUT2D eigenvalue weighted by Crippen LogP contribution is 1.94. The predicted molar refractivity (Wildman–Crippen MR) is 57.0 cm³/mol.